The Labute approximate surface area is 125 Å². The predicted octanol–water partition coefficient (Wildman–Crippen LogP) is 2.02. The van der Waals surface area contributed by atoms with Gasteiger partial charge in [-0.05, 0) is 30.5 Å². The van der Waals surface area contributed by atoms with Gasteiger partial charge in [-0.15, -0.1) is 0 Å². The van der Waals surface area contributed by atoms with Crippen LogP contribution < -0.4 is 10.5 Å². The Kier molecular flexibility index (Phi) is 4.73. The van der Waals surface area contributed by atoms with Crippen molar-refractivity contribution in [1.82, 2.24) is 4.90 Å². The Morgan fingerprint density at radius 1 is 1.38 bits per heavy atom. The highest BCUT2D eigenvalue weighted by atomic mass is 16.5. The summed E-state index contributed by atoms with van der Waals surface area (Å²) in [5.41, 5.74) is 6.40. The van der Waals surface area contributed by atoms with Crippen molar-refractivity contribution in [2.24, 2.45) is 5.73 Å². The zero-order valence-corrected chi connectivity index (χ0v) is 12.8. The van der Waals surface area contributed by atoms with Gasteiger partial charge in [0, 0.05) is 13.6 Å². The van der Waals surface area contributed by atoms with Gasteiger partial charge in [-0.3, -0.25) is 4.79 Å². The van der Waals surface area contributed by atoms with Crippen LogP contribution in [0.2, 0.25) is 0 Å². The topological polar surface area (TPSA) is 75.8 Å². The molecule has 1 amide bonds. The molecule has 0 aliphatic heterocycles. The maximum Gasteiger partial charge on any atom is 0.242 e. The van der Waals surface area contributed by atoms with Crippen molar-refractivity contribution in [2.75, 3.05) is 14.2 Å². The summed E-state index contributed by atoms with van der Waals surface area (Å²) in [6.07, 6.45) is 4.69. The van der Waals surface area contributed by atoms with E-state index in [1.165, 1.54) is 7.11 Å². The fraction of sp³-hybridized carbons (Fsp3) is 0.562. The highest BCUT2D eigenvalue weighted by Gasteiger charge is 2.37. The number of amides is 1. The number of carbonyl (C=O) groups excluding carboxylic acids is 1. The van der Waals surface area contributed by atoms with Crippen LogP contribution in [-0.4, -0.2) is 35.6 Å². The van der Waals surface area contributed by atoms with Crippen LogP contribution in [0, 0.1) is 0 Å². The highest BCUT2D eigenvalue weighted by Crippen LogP contribution is 2.29. The third kappa shape index (κ3) is 3.47. The Hall–Kier alpha value is -1.75. The first-order valence-electron chi connectivity index (χ1n) is 7.36. The third-order valence-corrected chi connectivity index (χ3v) is 4.18. The molecule has 0 radical (unpaired) electrons. The van der Waals surface area contributed by atoms with Crippen LogP contribution in [0.25, 0.3) is 0 Å². The third-order valence-electron chi connectivity index (χ3n) is 4.18. The van der Waals surface area contributed by atoms with E-state index in [4.69, 9.17) is 10.5 Å². The smallest absolute Gasteiger partial charge is 0.242 e. The van der Waals surface area contributed by atoms with Gasteiger partial charge in [-0.2, -0.15) is 0 Å². The molecule has 0 unspecified atom stereocenters. The Morgan fingerprint density at radius 2 is 2.05 bits per heavy atom. The summed E-state index contributed by atoms with van der Waals surface area (Å²) < 4.78 is 5.01. The summed E-state index contributed by atoms with van der Waals surface area (Å²) in [4.78, 5) is 14.2. The molecule has 1 aliphatic rings. The summed E-state index contributed by atoms with van der Waals surface area (Å²) in [7, 11) is 3.26. The van der Waals surface area contributed by atoms with Crippen molar-refractivity contribution >= 4 is 5.91 Å². The minimum Gasteiger partial charge on any atom is -0.504 e. The van der Waals surface area contributed by atoms with Gasteiger partial charge in [0.25, 0.3) is 0 Å². The van der Waals surface area contributed by atoms with E-state index in [9.17, 15) is 9.90 Å². The second kappa shape index (κ2) is 6.35. The summed E-state index contributed by atoms with van der Waals surface area (Å²) in [5.74, 6) is 0.490. The monoisotopic (exact) mass is 292 g/mol. The average Bonchev–Trinajstić information content (AvgIpc) is 2.47. The molecule has 0 aromatic heterocycles. The van der Waals surface area contributed by atoms with Gasteiger partial charge in [0.2, 0.25) is 5.91 Å². The van der Waals surface area contributed by atoms with Gasteiger partial charge in [0.05, 0.1) is 12.6 Å². The number of nitrogens with zero attached hydrogens (tertiary/aromatic N) is 1. The number of aromatic hydroxyl groups is 1. The minimum absolute atomic E-state index is 0.0162. The summed E-state index contributed by atoms with van der Waals surface area (Å²) in [5, 5.41) is 9.79. The molecule has 3 N–H and O–H groups in total. The number of hydrogen-bond acceptors (Lipinski definition) is 4. The normalized spacial score (nSPS) is 17.3. The molecular formula is C16H24N2O3. The Bertz CT molecular complexity index is 510. The number of ether oxygens (including phenoxy) is 1. The molecule has 0 saturated heterocycles. The van der Waals surface area contributed by atoms with Gasteiger partial charge in [0.15, 0.2) is 11.5 Å². The molecule has 0 heterocycles. The first-order chi connectivity index (χ1) is 9.96. The number of phenolic OH excluding ortho intramolecular Hbond substituents is 1. The lowest BCUT2D eigenvalue weighted by atomic mass is 9.81. The number of phenols is 1. The summed E-state index contributed by atoms with van der Waals surface area (Å²) >= 11 is 0. The van der Waals surface area contributed by atoms with Crippen LogP contribution in [0.15, 0.2) is 18.2 Å². The molecule has 1 aromatic carbocycles. The van der Waals surface area contributed by atoms with Crippen molar-refractivity contribution in [2.45, 2.75) is 44.2 Å². The van der Waals surface area contributed by atoms with Crippen molar-refractivity contribution in [3.8, 4) is 11.5 Å². The molecule has 1 aromatic rings. The maximum atomic E-state index is 12.5. The van der Waals surface area contributed by atoms with Crippen LogP contribution >= 0.6 is 0 Å². The van der Waals surface area contributed by atoms with Crippen molar-refractivity contribution in [3.63, 3.8) is 0 Å². The largest absolute Gasteiger partial charge is 0.504 e. The van der Waals surface area contributed by atoms with E-state index in [0.717, 1.165) is 37.7 Å². The molecule has 116 valence electrons. The first kappa shape index (κ1) is 15.6. The lowest BCUT2D eigenvalue weighted by Crippen LogP contribution is -2.55. The Balaban J connectivity index is 2.05. The molecule has 5 nitrogen and oxygen atoms in total. The predicted molar refractivity (Wildman–Crippen MR) is 81.1 cm³/mol. The zero-order valence-electron chi connectivity index (χ0n) is 12.8. The molecule has 1 aliphatic carbocycles. The molecule has 5 heteroatoms. The van der Waals surface area contributed by atoms with Crippen molar-refractivity contribution in [1.29, 1.82) is 0 Å². The number of nitrogens with two attached hydrogens (primary N) is 1. The molecule has 2 rings (SSSR count). The summed E-state index contributed by atoms with van der Waals surface area (Å²) in [6, 6.07) is 5.15. The number of methoxy groups -OCH3 is 1. The molecule has 0 atom stereocenters. The van der Waals surface area contributed by atoms with Gasteiger partial charge < -0.3 is 20.5 Å². The maximum absolute atomic E-state index is 12.5. The number of benzene rings is 1. The van der Waals surface area contributed by atoms with Gasteiger partial charge >= 0.3 is 0 Å². The zero-order chi connectivity index (χ0) is 15.5. The molecule has 1 saturated carbocycles. The molecule has 21 heavy (non-hydrogen) atoms. The van der Waals surface area contributed by atoms with E-state index in [1.807, 2.05) is 6.07 Å². The highest BCUT2D eigenvalue weighted by molar-refractivity contribution is 5.86. The van der Waals surface area contributed by atoms with E-state index in [0.29, 0.717) is 12.3 Å². The number of rotatable bonds is 4. The van der Waals surface area contributed by atoms with Crippen molar-refractivity contribution in [3.05, 3.63) is 23.8 Å². The van der Waals surface area contributed by atoms with E-state index >= 15 is 0 Å². The van der Waals surface area contributed by atoms with Gasteiger partial charge in [-0.1, -0.05) is 25.3 Å². The number of carbonyl (C=O) groups is 1. The number of hydrogen-bond donors (Lipinski definition) is 2. The fourth-order valence-corrected chi connectivity index (χ4v) is 2.96. The minimum atomic E-state index is -0.721. The lowest BCUT2D eigenvalue weighted by Gasteiger charge is -2.35. The molecule has 0 bridgehead atoms. The van der Waals surface area contributed by atoms with Gasteiger partial charge in [0.1, 0.15) is 0 Å². The fourth-order valence-electron chi connectivity index (χ4n) is 2.96. The van der Waals surface area contributed by atoms with Crippen LogP contribution in [0.4, 0.5) is 0 Å². The van der Waals surface area contributed by atoms with Crippen LogP contribution in [0.5, 0.6) is 11.5 Å². The van der Waals surface area contributed by atoms with Gasteiger partial charge in [-0.25, -0.2) is 0 Å². The van der Waals surface area contributed by atoms with E-state index < -0.39 is 5.54 Å². The summed E-state index contributed by atoms with van der Waals surface area (Å²) in [6.45, 7) is 0.426. The molecule has 0 spiro atoms. The van der Waals surface area contributed by atoms with Crippen LogP contribution in [0.1, 0.15) is 37.7 Å². The van der Waals surface area contributed by atoms with E-state index in [1.54, 1.807) is 24.1 Å². The van der Waals surface area contributed by atoms with E-state index in [2.05, 4.69) is 0 Å². The SMILES string of the molecule is COc1ccc(CN(C)C(=O)C2(N)CCCCC2)cc1O. The second-order valence-electron chi connectivity index (χ2n) is 5.88. The second-order valence-corrected chi connectivity index (χ2v) is 5.88. The molecule has 1 fully saturated rings. The number of likely N-dealkylation sites (N-methyl/N-ethyl adjacent to an activating group) is 1. The molecular weight excluding hydrogens is 268 g/mol. The quantitative estimate of drug-likeness (QED) is 0.890. The van der Waals surface area contributed by atoms with Crippen LogP contribution in [-0.2, 0) is 11.3 Å². The average molecular weight is 292 g/mol. The van der Waals surface area contributed by atoms with Crippen LogP contribution in [0.3, 0.4) is 0 Å². The first-order valence-corrected chi connectivity index (χ1v) is 7.36. The van der Waals surface area contributed by atoms with E-state index in [-0.39, 0.29) is 11.7 Å². The Morgan fingerprint density at radius 3 is 2.62 bits per heavy atom. The standard InChI is InChI=1S/C16H24N2O3/c1-18(15(20)16(17)8-4-3-5-9-16)11-12-6-7-14(21-2)13(19)10-12/h6-7,10,19H,3-5,8-9,11,17H2,1-2H3. The lowest BCUT2D eigenvalue weighted by molar-refractivity contribution is -0.137. The van der Waals surface area contributed by atoms with Crippen molar-refractivity contribution < 1.29 is 14.6 Å².